The molecule has 0 N–H and O–H groups in total. The minimum absolute atomic E-state index is 0.0314. The smallest absolute Gasteiger partial charge is 0.256 e. The predicted molar refractivity (Wildman–Crippen MR) is 269 cm³/mol. The molecule has 6 heterocycles. The summed E-state index contributed by atoms with van der Waals surface area (Å²) in [5, 5.41) is 2.02. The molecule has 0 unspecified atom stereocenters. The van der Waals surface area contributed by atoms with Crippen molar-refractivity contribution in [2.75, 3.05) is 64.3 Å². The number of para-hydroxylation sites is 1. The van der Waals surface area contributed by atoms with Gasteiger partial charge < -0.3 is 33.6 Å². The van der Waals surface area contributed by atoms with Crippen LogP contribution in [0.5, 0.6) is 0 Å². The molecule has 15 heteroatoms. The summed E-state index contributed by atoms with van der Waals surface area (Å²) < 4.78 is 5.81. The fraction of sp³-hybridized carbons (Fsp3) is 0.308. The van der Waals surface area contributed by atoms with Crippen LogP contribution in [-0.4, -0.2) is 129 Å². The zero-order chi connectivity index (χ0) is 47.4. The van der Waals surface area contributed by atoms with E-state index in [1.165, 1.54) is 28.7 Å². The Morgan fingerprint density at radius 1 is 0.746 bits per heavy atom. The minimum Gasteiger partial charge on any atom is -0.353 e. The average molecular weight is 1030 g/mol. The van der Waals surface area contributed by atoms with E-state index in [-0.39, 0.29) is 47.9 Å². The number of amides is 4. The van der Waals surface area contributed by atoms with E-state index in [9.17, 15) is 24.0 Å². The van der Waals surface area contributed by atoms with E-state index < -0.39 is 0 Å². The highest BCUT2D eigenvalue weighted by Gasteiger charge is 2.35. The number of anilines is 1. The van der Waals surface area contributed by atoms with Gasteiger partial charge in [-0.2, -0.15) is 0 Å². The predicted octanol–water partition coefficient (Wildman–Crippen LogP) is 7.52. The summed E-state index contributed by atoms with van der Waals surface area (Å²) in [6.07, 6.45) is 7.89. The first-order valence-electron chi connectivity index (χ1n) is 22.5. The number of hydrogen-bond donors (Lipinski definition) is 0. The normalized spacial score (nSPS) is 15.1. The van der Waals surface area contributed by atoms with Gasteiger partial charge in [-0.1, -0.05) is 77.6 Å². The van der Waals surface area contributed by atoms with Crippen LogP contribution in [0.3, 0.4) is 0 Å². The number of halogens is 2. The van der Waals surface area contributed by atoms with E-state index in [2.05, 4.69) is 102 Å². The number of hydrogen-bond acceptors (Lipinski definition) is 7. The number of carbonyl (C=O) groups excluding carboxylic acids is 5. The van der Waals surface area contributed by atoms with Crippen LogP contribution < -0.4 is 4.90 Å². The van der Waals surface area contributed by atoms with E-state index in [4.69, 9.17) is 0 Å². The molecule has 3 aromatic carbocycles. The number of fused-ring (bicyclic) bond motifs is 2. The van der Waals surface area contributed by atoms with Gasteiger partial charge in [-0.05, 0) is 89.0 Å². The maximum Gasteiger partial charge on any atom is 0.256 e. The average Bonchev–Trinajstić information content (AvgIpc) is 3.78. The lowest BCUT2D eigenvalue weighted by atomic mass is 9.94. The first-order valence-corrected chi connectivity index (χ1v) is 24.0. The van der Waals surface area contributed by atoms with Crippen LogP contribution in [0.4, 0.5) is 5.82 Å². The molecule has 3 saturated heterocycles. The topological polar surface area (TPSA) is 124 Å². The fourth-order valence-corrected chi connectivity index (χ4v) is 9.83. The van der Waals surface area contributed by atoms with Crippen molar-refractivity contribution >= 4 is 88.9 Å². The Kier molecular flexibility index (Phi) is 14.6. The number of aromatic nitrogens is 3. The number of ketones is 1. The van der Waals surface area contributed by atoms with Crippen molar-refractivity contribution in [3.63, 3.8) is 0 Å². The van der Waals surface area contributed by atoms with Crippen LogP contribution in [0.25, 0.3) is 21.8 Å². The van der Waals surface area contributed by atoms with Crippen molar-refractivity contribution in [2.45, 2.75) is 38.9 Å². The number of Topliss-reactive ketones (excluding diaryl/α,β-unsaturated/α-hetero) is 1. The minimum atomic E-state index is -0.123. The number of likely N-dealkylation sites (N-methyl/N-ethyl adjacent to an activating group) is 1. The monoisotopic (exact) mass is 1030 g/mol. The van der Waals surface area contributed by atoms with Gasteiger partial charge in [-0.3, -0.25) is 24.0 Å². The number of benzene rings is 3. The van der Waals surface area contributed by atoms with E-state index in [1.807, 2.05) is 64.9 Å². The highest BCUT2D eigenvalue weighted by Crippen LogP contribution is 2.31. The molecule has 4 amide bonds. The SMILES string of the molecule is C=CC(=O)N1CC(CC(=O)Cn2cc(Cc3ccccc3)c3ccccc32)C1.C=CC(=O)N1CC(N(C)C(=O)Cn2c(C)c(C(=O)N3CCN(c4ccc(Br)cn4)CC3)c3cc(Br)ccc32)C1. The summed E-state index contributed by atoms with van der Waals surface area (Å²) in [4.78, 5) is 76.8. The Labute approximate surface area is 407 Å². The molecular weight excluding hydrogens is 976 g/mol. The lowest BCUT2D eigenvalue weighted by molar-refractivity contribution is -0.142. The lowest BCUT2D eigenvalue weighted by Crippen LogP contribution is -2.61. The molecule has 3 aromatic heterocycles. The molecule has 9 rings (SSSR count). The molecule has 3 aliphatic rings. The van der Waals surface area contributed by atoms with E-state index in [0.717, 1.165) is 43.3 Å². The summed E-state index contributed by atoms with van der Waals surface area (Å²) in [7, 11) is 1.77. The maximum absolute atomic E-state index is 13.9. The van der Waals surface area contributed by atoms with Gasteiger partial charge in [-0.25, -0.2) is 4.98 Å². The molecule has 0 atom stereocenters. The van der Waals surface area contributed by atoms with Crippen LogP contribution in [0, 0.1) is 12.8 Å². The largest absolute Gasteiger partial charge is 0.353 e. The Hall–Kier alpha value is -6.32. The molecule has 6 aromatic rings. The highest BCUT2D eigenvalue weighted by molar-refractivity contribution is 9.10. The molecular formula is C52H54Br2N8O5. The van der Waals surface area contributed by atoms with E-state index >= 15 is 0 Å². The van der Waals surface area contributed by atoms with Crippen molar-refractivity contribution in [1.29, 1.82) is 0 Å². The molecule has 3 fully saturated rings. The number of nitrogens with zero attached hydrogens (tertiary/aromatic N) is 8. The zero-order valence-electron chi connectivity index (χ0n) is 37.8. The van der Waals surface area contributed by atoms with Gasteiger partial charge in [-0.15, -0.1) is 0 Å². The molecule has 0 radical (unpaired) electrons. The second-order valence-electron chi connectivity index (χ2n) is 17.4. The summed E-state index contributed by atoms with van der Waals surface area (Å²) >= 11 is 6.98. The van der Waals surface area contributed by atoms with Gasteiger partial charge in [0.05, 0.1) is 18.2 Å². The molecule has 0 spiro atoms. The van der Waals surface area contributed by atoms with Gasteiger partial charge in [0, 0.05) is 121 Å². The maximum atomic E-state index is 13.9. The van der Waals surface area contributed by atoms with Crippen molar-refractivity contribution in [2.24, 2.45) is 5.92 Å². The van der Waals surface area contributed by atoms with Crippen molar-refractivity contribution in [3.05, 3.63) is 154 Å². The Morgan fingerprint density at radius 3 is 2.07 bits per heavy atom. The Bertz CT molecular complexity index is 2840. The lowest BCUT2D eigenvalue weighted by Gasteiger charge is -2.43. The third-order valence-corrected chi connectivity index (χ3v) is 14.1. The van der Waals surface area contributed by atoms with Gasteiger partial charge in [0.25, 0.3) is 5.91 Å². The van der Waals surface area contributed by atoms with E-state index in [1.54, 1.807) is 27.9 Å². The second-order valence-corrected chi connectivity index (χ2v) is 19.3. The molecule has 0 bridgehead atoms. The number of pyridine rings is 1. The first kappa shape index (κ1) is 47.2. The fourth-order valence-electron chi connectivity index (χ4n) is 9.23. The van der Waals surface area contributed by atoms with Crippen LogP contribution in [-0.2, 0) is 38.7 Å². The number of likely N-dealkylation sites (tertiary alicyclic amines) is 2. The Balaban J connectivity index is 0.000000192. The van der Waals surface area contributed by atoms with Crippen molar-refractivity contribution in [3.8, 4) is 0 Å². The standard InChI is InChI=1S/C28H30Br2N6O3.C24H24N2O2/c1-4-25(37)35-15-21(16-35)32(3)26(38)17-36-18(2)27(22-13-19(29)5-7-23(22)36)28(39)34-11-9-33(10-12-34)24-8-6-20(30)14-31-24;1-2-24(28)26-14-19(15-26)13-21(27)17-25-16-20(12-18-8-4-3-5-9-18)22-10-6-7-11-23(22)25/h4-8,13-14,21H,1,9-12,15-17H2,2-3H3;2-11,16,19H,1,12-15,17H2. The Morgan fingerprint density at radius 2 is 1.40 bits per heavy atom. The van der Waals surface area contributed by atoms with Gasteiger partial charge in [0.2, 0.25) is 17.7 Å². The summed E-state index contributed by atoms with van der Waals surface area (Å²) in [5.74, 6) is 1.10. The molecule has 0 aliphatic carbocycles. The van der Waals surface area contributed by atoms with Crippen LogP contribution in [0.2, 0.25) is 0 Å². The number of rotatable bonds is 13. The van der Waals surface area contributed by atoms with Crippen LogP contribution in [0.1, 0.15) is 33.6 Å². The number of carbonyl (C=O) groups is 5. The van der Waals surface area contributed by atoms with Gasteiger partial charge >= 0.3 is 0 Å². The third kappa shape index (κ3) is 10.5. The number of piperazine rings is 1. The first-order chi connectivity index (χ1) is 32.3. The van der Waals surface area contributed by atoms with Gasteiger partial charge in [0.15, 0.2) is 5.78 Å². The molecule has 3 aliphatic heterocycles. The summed E-state index contributed by atoms with van der Waals surface area (Å²) in [5.41, 5.74) is 5.83. The van der Waals surface area contributed by atoms with Crippen molar-refractivity contribution in [1.82, 2.24) is 33.7 Å². The van der Waals surface area contributed by atoms with Gasteiger partial charge in [0.1, 0.15) is 12.4 Å². The quantitative estimate of drug-likeness (QED) is 0.110. The molecule has 13 nitrogen and oxygen atoms in total. The van der Waals surface area contributed by atoms with Crippen LogP contribution in [0.15, 0.2) is 132 Å². The summed E-state index contributed by atoms with van der Waals surface area (Å²) in [6.45, 7) is 14.3. The zero-order valence-corrected chi connectivity index (χ0v) is 41.0. The van der Waals surface area contributed by atoms with E-state index in [0.29, 0.717) is 70.9 Å². The summed E-state index contributed by atoms with van der Waals surface area (Å²) in [6, 6.07) is 28.4. The highest BCUT2D eigenvalue weighted by atomic mass is 79.9. The third-order valence-electron chi connectivity index (χ3n) is 13.1. The van der Waals surface area contributed by atoms with Crippen LogP contribution >= 0.6 is 31.9 Å². The molecule has 346 valence electrons. The van der Waals surface area contributed by atoms with Crippen molar-refractivity contribution < 1.29 is 24.0 Å². The molecule has 67 heavy (non-hydrogen) atoms. The second kappa shape index (κ2) is 20.7. The molecule has 0 saturated carbocycles.